The van der Waals surface area contributed by atoms with Crippen LogP contribution in [0.1, 0.15) is 277 Å². The van der Waals surface area contributed by atoms with E-state index in [1.807, 2.05) is 0 Å². The van der Waals surface area contributed by atoms with E-state index in [-0.39, 0.29) is 18.5 Å². The normalized spacial score (nSPS) is 12.8. The summed E-state index contributed by atoms with van der Waals surface area (Å²) in [7, 11) is 0. The third-order valence-electron chi connectivity index (χ3n) is 12.0. The van der Waals surface area contributed by atoms with Crippen molar-refractivity contribution in [1.29, 1.82) is 0 Å². The van der Waals surface area contributed by atoms with E-state index in [1.54, 1.807) is 0 Å². The van der Waals surface area contributed by atoms with Gasteiger partial charge in [-0.05, 0) is 70.6 Å². The minimum absolute atomic E-state index is 0.0131. The van der Waals surface area contributed by atoms with E-state index in [0.29, 0.717) is 25.9 Å². The molecule has 0 fully saturated rings. The number of hydrogen-bond acceptors (Lipinski definition) is 5. The van der Waals surface area contributed by atoms with Crippen LogP contribution in [0.4, 0.5) is 0 Å². The first-order valence-electron chi connectivity index (χ1n) is 26.1. The Kier molecular flexibility index (Phi) is 47.6. The summed E-state index contributed by atoms with van der Waals surface area (Å²) in [5, 5.41) is 23.2. The molecule has 1 amide bonds. The van der Waals surface area contributed by atoms with E-state index >= 15 is 0 Å². The molecule has 6 heteroatoms. The molecule has 0 aliphatic rings. The maximum atomic E-state index is 12.4. The van der Waals surface area contributed by atoms with Crippen LogP contribution >= 0.6 is 0 Å². The number of aliphatic hydroxyl groups is 2. The summed E-state index contributed by atoms with van der Waals surface area (Å²) in [6.45, 7) is 4.89. The van der Waals surface area contributed by atoms with Crippen LogP contribution in [-0.4, -0.2) is 47.4 Å². The molecule has 6 nitrogen and oxygen atoms in total. The maximum Gasteiger partial charge on any atom is 0.305 e. The number of aliphatic hydroxyl groups excluding tert-OH is 2. The molecular formula is C53H101NO5. The van der Waals surface area contributed by atoms with Crippen molar-refractivity contribution in [2.45, 2.75) is 289 Å². The van der Waals surface area contributed by atoms with Crippen molar-refractivity contribution in [2.24, 2.45) is 0 Å². The van der Waals surface area contributed by atoms with Gasteiger partial charge in [0.15, 0.2) is 0 Å². The van der Waals surface area contributed by atoms with Gasteiger partial charge in [0.25, 0.3) is 0 Å². The van der Waals surface area contributed by atoms with E-state index in [4.69, 9.17) is 4.74 Å². The standard InChI is InChI=1S/C53H101NO5/c1-3-5-7-9-11-13-15-16-22-26-29-33-37-41-45-51(56)50(49-55)54-52(57)46-42-38-34-30-27-23-20-18-17-19-21-24-28-32-36-40-44-48-59-53(58)47-43-39-35-31-25-14-12-10-8-6-4-2/h10,12,17,19,50-51,55-56H,3-9,11,13-16,18,20-49H2,1-2H3,(H,54,57)/b12-10-,19-17-. The quantitative estimate of drug-likeness (QED) is 0.0322. The molecular weight excluding hydrogens is 731 g/mol. The third kappa shape index (κ3) is 45.7. The van der Waals surface area contributed by atoms with Crippen LogP contribution in [0.15, 0.2) is 24.3 Å². The SMILES string of the molecule is CCCC/C=C\CCCCCCCC(=O)OCCCCCCCC/C=C\CCCCCCCCCC(=O)NC(CO)C(O)CCCCCCCCCCCCCCCC. The number of rotatable bonds is 48. The average molecular weight is 832 g/mol. The fourth-order valence-corrected chi connectivity index (χ4v) is 7.91. The van der Waals surface area contributed by atoms with Gasteiger partial charge in [-0.3, -0.25) is 9.59 Å². The molecule has 0 aromatic rings. The lowest BCUT2D eigenvalue weighted by Gasteiger charge is -2.22. The summed E-state index contributed by atoms with van der Waals surface area (Å²) in [4.78, 5) is 24.4. The lowest BCUT2D eigenvalue weighted by molar-refractivity contribution is -0.143. The molecule has 348 valence electrons. The number of nitrogens with one attached hydrogen (secondary N) is 1. The van der Waals surface area contributed by atoms with Gasteiger partial charge in [0.05, 0.1) is 25.4 Å². The number of carbonyl (C=O) groups is 2. The summed E-state index contributed by atoms with van der Waals surface area (Å²) in [6.07, 6.45) is 57.2. The Balaban J connectivity index is 3.47. The van der Waals surface area contributed by atoms with Crippen molar-refractivity contribution in [3.05, 3.63) is 24.3 Å². The summed E-state index contributed by atoms with van der Waals surface area (Å²) in [5.41, 5.74) is 0. The van der Waals surface area contributed by atoms with Gasteiger partial charge in [0.2, 0.25) is 5.91 Å². The van der Waals surface area contributed by atoms with Crippen molar-refractivity contribution in [3.8, 4) is 0 Å². The Bertz CT molecular complexity index is 920. The predicted molar refractivity (Wildman–Crippen MR) is 255 cm³/mol. The summed E-state index contributed by atoms with van der Waals surface area (Å²) >= 11 is 0. The number of carbonyl (C=O) groups excluding carboxylic acids is 2. The van der Waals surface area contributed by atoms with E-state index in [9.17, 15) is 19.8 Å². The highest BCUT2D eigenvalue weighted by atomic mass is 16.5. The fraction of sp³-hybridized carbons (Fsp3) is 0.887. The lowest BCUT2D eigenvalue weighted by atomic mass is 10.0. The van der Waals surface area contributed by atoms with Gasteiger partial charge in [-0.15, -0.1) is 0 Å². The van der Waals surface area contributed by atoms with Gasteiger partial charge in [-0.25, -0.2) is 0 Å². The molecule has 0 bridgehead atoms. The molecule has 0 heterocycles. The van der Waals surface area contributed by atoms with Crippen molar-refractivity contribution in [2.75, 3.05) is 13.2 Å². The smallest absolute Gasteiger partial charge is 0.305 e. The van der Waals surface area contributed by atoms with E-state index in [2.05, 4.69) is 43.5 Å². The minimum atomic E-state index is -0.671. The summed E-state index contributed by atoms with van der Waals surface area (Å²) in [5.74, 6) is -0.0603. The van der Waals surface area contributed by atoms with Crippen LogP contribution in [0.3, 0.4) is 0 Å². The van der Waals surface area contributed by atoms with Gasteiger partial charge in [-0.2, -0.15) is 0 Å². The Labute approximate surface area is 367 Å². The largest absolute Gasteiger partial charge is 0.466 e. The zero-order chi connectivity index (χ0) is 43.0. The highest BCUT2D eigenvalue weighted by molar-refractivity contribution is 5.76. The topological polar surface area (TPSA) is 95.9 Å². The van der Waals surface area contributed by atoms with Crippen molar-refractivity contribution >= 4 is 11.9 Å². The van der Waals surface area contributed by atoms with Crippen LogP contribution in [0.5, 0.6) is 0 Å². The zero-order valence-corrected chi connectivity index (χ0v) is 39.5. The monoisotopic (exact) mass is 832 g/mol. The first-order chi connectivity index (χ1) is 29.0. The molecule has 0 saturated carbocycles. The number of ether oxygens (including phenoxy) is 1. The van der Waals surface area contributed by atoms with Gasteiger partial charge in [0, 0.05) is 12.8 Å². The van der Waals surface area contributed by atoms with Gasteiger partial charge < -0.3 is 20.3 Å². The molecule has 0 saturated heterocycles. The van der Waals surface area contributed by atoms with Crippen molar-refractivity contribution in [1.82, 2.24) is 5.32 Å². The summed E-state index contributed by atoms with van der Waals surface area (Å²) < 4.78 is 5.44. The molecule has 0 spiro atoms. The first-order valence-corrected chi connectivity index (χ1v) is 26.1. The van der Waals surface area contributed by atoms with Crippen LogP contribution < -0.4 is 5.32 Å². The second-order valence-electron chi connectivity index (χ2n) is 17.8. The minimum Gasteiger partial charge on any atom is -0.466 e. The second kappa shape index (κ2) is 49.0. The highest BCUT2D eigenvalue weighted by Crippen LogP contribution is 2.16. The number of unbranched alkanes of at least 4 members (excludes halogenated alkanes) is 33. The Hall–Kier alpha value is -1.66. The van der Waals surface area contributed by atoms with E-state index in [1.165, 1.54) is 186 Å². The van der Waals surface area contributed by atoms with Crippen molar-refractivity contribution < 1.29 is 24.5 Å². The fourth-order valence-electron chi connectivity index (χ4n) is 7.91. The zero-order valence-electron chi connectivity index (χ0n) is 39.5. The molecule has 59 heavy (non-hydrogen) atoms. The van der Waals surface area contributed by atoms with Crippen molar-refractivity contribution in [3.63, 3.8) is 0 Å². The lowest BCUT2D eigenvalue weighted by Crippen LogP contribution is -2.45. The predicted octanol–water partition coefficient (Wildman–Crippen LogP) is 15.5. The van der Waals surface area contributed by atoms with Crippen LogP contribution in [0.2, 0.25) is 0 Å². The molecule has 0 rings (SSSR count). The number of amides is 1. The molecule has 0 aliphatic carbocycles. The third-order valence-corrected chi connectivity index (χ3v) is 12.0. The van der Waals surface area contributed by atoms with Gasteiger partial charge in [0.1, 0.15) is 0 Å². The van der Waals surface area contributed by atoms with Gasteiger partial charge >= 0.3 is 5.97 Å². The number of allylic oxidation sites excluding steroid dienone is 4. The summed E-state index contributed by atoms with van der Waals surface area (Å²) in [6, 6.07) is -0.549. The molecule has 0 aromatic carbocycles. The maximum absolute atomic E-state index is 12.4. The van der Waals surface area contributed by atoms with E-state index in [0.717, 1.165) is 57.8 Å². The molecule has 3 N–H and O–H groups in total. The van der Waals surface area contributed by atoms with Gasteiger partial charge in [-0.1, -0.05) is 218 Å². The molecule has 0 aliphatic heterocycles. The van der Waals surface area contributed by atoms with E-state index < -0.39 is 12.1 Å². The number of hydrogen-bond donors (Lipinski definition) is 3. The molecule has 0 aromatic heterocycles. The second-order valence-corrected chi connectivity index (χ2v) is 17.8. The number of esters is 1. The van der Waals surface area contributed by atoms with Crippen LogP contribution in [-0.2, 0) is 14.3 Å². The van der Waals surface area contributed by atoms with Crippen LogP contribution in [0.25, 0.3) is 0 Å². The Morgan fingerprint density at radius 1 is 0.458 bits per heavy atom. The Morgan fingerprint density at radius 2 is 0.814 bits per heavy atom. The first kappa shape index (κ1) is 57.3. The Morgan fingerprint density at radius 3 is 1.25 bits per heavy atom. The van der Waals surface area contributed by atoms with Crippen LogP contribution in [0, 0.1) is 0 Å². The molecule has 2 unspecified atom stereocenters. The average Bonchev–Trinajstić information content (AvgIpc) is 3.24. The molecule has 2 atom stereocenters. The highest BCUT2D eigenvalue weighted by Gasteiger charge is 2.20. The molecule has 0 radical (unpaired) electrons.